The van der Waals surface area contributed by atoms with Crippen LogP contribution in [0.5, 0.6) is 0 Å². The molecule has 0 aliphatic carbocycles. The van der Waals surface area contributed by atoms with Gasteiger partial charge in [-0.05, 0) is 25.0 Å². The topological polar surface area (TPSA) is 58.4 Å². The minimum atomic E-state index is -0.161. The van der Waals surface area contributed by atoms with Gasteiger partial charge in [-0.1, -0.05) is 30.3 Å². The van der Waals surface area contributed by atoms with E-state index in [1.807, 2.05) is 37.3 Å². The van der Waals surface area contributed by atoms with Gasteiger partial charge in [-0.15, -0.1) is 0 Å². The van der Waals surface area contributed by atoms with Crippen molar-refractivity contribution in [3.8, 4) is 0 Å². The highest BCUT2D eigenvalue weighted by Crippen LogP contribution is 2.16. The monoisotopic (exact) mass is 273 g/mol. The van der Waals surface area contributed by atoms with Crippen molar-refractivity contribution in [3.63, 3.8) is 0 Å². The summed E-state index contributed by atoms with van der Waals surface area (Å²) in [5.41, 5.74) is 2.71. The van der Waals surface area contributed by atoms with Gasteiger partial charge < -0.3 is 14.7 Å². The number of carbonyl (C=O) groups is 1. The zero-order valence-electron chi connectivity index (χ0n) is 12.0. The number of nitrogens with one attached hydrogen (secondary N) is 1. The van der Waals surface area contributed by atoms with Crippen LogP contribution in [0.4, 0.5) is 10.5 Å². The lowest BCUT2D eigenvalue weighted by Gasteiger charge is -2.17. The van der Waals surface area contributed by atoms with Crippen LogP contribution in [0.25, 0.3) is 0 Å². The van der Waals surface area contributed by atoms with Crippen LogP contribution in [0.3, 0.4) is 0 Å². The number of hydrogen-bond acceptors (Lipinski definition) is 3. The summed E-state index contributed by atoms with van der Waals surface area (Å²) in [5, 5.41) is 6.80. The van der Waals surface area contributed by atoms with Gasteiger partial charge in [0, 0.05) is 18.8 Å². The first kappa shape index (κ1) is 14.1. The fraction of sp³-hybridized carbons (Fsp3) is 0.333. The van der Waals surface area contributed by atoms with Crippen LogP contribution in [0, 0.1) is 6.92 Å². The van der Waals surface area contributed by atoms with Gasteiger partial charge in [0.2, 0.25) is 0 Å². The summed E-state index contributed by atoms with van der Waals surface area (Å²) in [4.78, 5) is 13.7. The second kappa shape index (κ2) is 6.23. The molecule has 106 valence electrons. The van der Waals surface area contributed by atoms with E-state index in [1.54, 1.807) is 11.9 Å². The minimum absolute atomic E-state index is 0.161. The molecule has 0 bridgehead atoms. The van der Waals surface area contributed by atoms with Crippen LogP contribution < -0.4 is 5.32 Å². The Morgan fingerprint density at radius 3 is 2.80 bits per heavy atom. The van der Waals surface area contributed by atoms with Crippen molar-refractivity contribution in [3.05, 3.63) is 47.3 Å². The van der Waals surface area contributed by atoms with Gasteiger partial charge in [0.05, 0.1) is 6.54 Å². The maximum absolute atomic E-state index is 12.1. The first-order chi connectivity index (χ1) is 9.60. The third-order valence-electron chi connectivity index (χ3n) is 3.06. The van der Waals surface area contributed by atoms with Gasteiger partial charge in [0.25, 0.3) is 0 Å². The van der Waals surface area contributed by atoms with Gasteiger partial charge in [-0.25, -0.2) is 4.79 Å². The van der Waals surface area contributed by atoms with Crippen LogP contribution >= 0.6 is 0 Å². The van der Waals surface area contributed by atoms with Crippen molar-refractivity contribution in [2.75, 3.05) is 12.4 Å². The summed E-state index contributed by atoms with van der Waals surface area (Å²) in [7, 11) is 1.73. The normalized spacial score (nSPS) is 10.3. The number of rotatable bonds is 4. The van der Waals surface area contributed by atoms with Crippen LogP contribution in [0.2, 0.25) is 0 Å². The molecule has 0 spiro atoms. The molecule has 5 nitrogen and oxygen atoms in total. The molecule has 0 aliphatic heterocycles. The Hall–Kier alpha value is -2.30. The average Bonchev–Trinajstić information content (AvgIpc) is 2.84. The molecule has 0 saturated carbocycles. The number of benzene rings is 1. The highest BCUT2D eigenvalue weighted by molar-refractivity contribution is 5.89. The van der Waals surface area contributed by atoms with Crippen LogP contribution in [-0.4, -0.2) is 23.1 Å². The van der Waals surface area contributed by atoms with Gasteiger partial charge in [0.15, 0.2) is 0 Å². The summed E-state index contributed by atoms with van der Waals surface area (Å²) in [6, 6.07) is 9.46. The van der Waals surface area contributed by atoms with E-state index < -0.39 is 0 Å². The zero-order chi connectivity index (χ0) is 14.5. The highest BCUT2D eigenvalue weighted by atomic mass is 16.5. The van der Waals surface area contributed by atoms with Crippen molar-refractivity contribution in [2.24, 2.45) is 0 Å². The van der Waals surface area contributed by atoms with Crippen LogP contribution in [-0.2, 0) is 13.0 Å². The van der Waals surface area contributed by atoms with Crippen molar-refractivity contribution in [2.45, 2.75) is 26.8 Å². The van der Waals surface area contributed by atoms with Crippen molar-refractivity contribution in [1.29, 1.82) is 0 Å². The minimum Gasteiger partial charge on any atom is -0.361 e. The molecular weight excluding hydrogens is 254 g/mol. The number of anilines is 1. The first-order valence-corrected chi connectivity index (χ1v) is 6.62. The van der Waals surface area contributed by atoms with Crippen molar-refractivity contribution < 1.29 is 9.32 Å². The van der Waals surface area contributed by atoms with Gasteiger partial charge in [0.1, 0.15) is 11.5 Å². The summed E-state index contributed by atoms with van der Waals surface area (Å²) in [5.74, 6) is 0.741. The van der Waals surface area contributed by atoms with Crippen molar-refractivity contribution >= 4 is 11.7 Å². The van der Waals surface area contributed by atoms with E-state index in [0.29, 0.717) is 6.54 Å². The maximum atomic E-state index is 12.1. The Labute approximate surface area is 118 Å². The number of amides is 2. The SMILES string of the molecule is CCc1ccccc1NC(=O)N(C)Cc1cc(C)on1. The van der Waals surface area contributed by atoms with E-state index in [9.17, 15) is 4.79 Å². The Kier molecular flexibility index (Phi) is 4.40. The highest BCUT2D eigenvalue weighted by Gasteiger charge is 2.12. The third-order valence-corrected chi connectivity index (χ3v) is 3.06. The van der Waals surface area contributed by atoms with Gasteiger partial charge >= 0.3 is 6.03 Å². The summed E-state index contributed by atoms with van der Waals surface area (Å²) in [6.07, 6.45) is 0.878. The predicted octanol–water partition coefficient (Wildman–Crippen LogP) is 3.21. The lowest BCUT2D eigenvalue weighted by Crippen LogP contribution is -2.31. The molecule has 2 aromatic rings. The number of aromatic nitrogens is 1. The maximum Gasteiger partial charge on any atom is 0.321 e. The molecule has 0 unspecified atom stereocenters. The lowest BCUT2D eigenvalue weighted by molar-refractivity contribution is 0.219. The fourth-order valence-corrected chi connectivity index (χ4v) is 1.97. The van der Waals surface area contributed by atoms with Gasteiger partial charge in [-0.3, -0.25) is 0 Å². The molecule has 20 heavy (non-hydrogen) atoms. The number of carbonyl (C=O) groups excluding carboxylic acids is 1. The second-order valence-corrected chi connectivity index (χ2v) is 4.73. The van der Waals surface area contributed by atoms with E-state index in [1.165, 1.54) is 0 Å². The van der Waals surface area contributed by atoms with E-state index in [-0.39, 0.29) is 6.03 Å². The molecule has 1 aromatic carbocycles. The Morgan fingerprint density at radius 2 is 2.15 bits per heavy atom. The molecule has 0 fully saturated rings. The standard InChI is InChI=1S/C15H19N3O2/c1-4-12-7-5-6-8-14(12)16-15(19)18(3)10-13-9-11(2)20-17-13/h5-9H,4,10H2,1-3H3,(H,16,19). The third kappa shape index (κ3) is 3.38. The molecule has 1 aromatic heterocycles. The summed E-state index contributed by atoms with van der Waals surface area (Å²) >= 11 is 0. The first-order valence-electron chi connectivity index (χ1n) is 6.62. The summed E-state index contributed by atoms with van der Waals surface area (Å²) < 4.78 is 4.99. The largest absolute Gasteiger partial charge is 0.361 e. The van der Waals surface area contributed by atoms with Gasteiger partial charge in [-0.2, -0.15) is 0 Å². The van der Waals surface area contributed by atoms with Crippen LogP contribution in [0.1, 0.15) is 23.9 Å². The van der Waals surface area contributed by atoms with E-state index >= 15 is 0 Å². The number of nitrogens with zero attached hydrogens (tertiary/aromatic N) is 2. The lowest BCUT2D eigenvalue weighted by atomic mass is 10.1. The molecule has 5 heteroatoms. The quantitative estimate of drug-likeness (QED) is 0.930. The number of urea groups is 1. The Balaban J connectivity index is 2.00. The second-order valence-electron chi connectivity index (χ2n) is 4.73. The molecule has 1 N–H and O–H groups in total. The average molecular weight is 273 g/mol. The molecule has 1 heterocycles. The molecule has 0 atom stereocenters. The number of aryl methyl sites for hydroxylation is 2. The predicted molar refractivity (Wildman–Crippen MR) is 77.5 cm³/mol. The molecule has 2 amide bonds. The van der Waals surface area contributed by atoms with Crippen LogP contribution in [0.15, 0.2) is 34.9 Å². The molecule has 0 aliphatic rings. The Bertz CT molecular complexity index is 592. The smallest absolute Gasteiger partial charge is 0.321 e. The number of hydrogen-bond donors (Lipinski definition) is 1. The van der Waals surface area contributed by atoms with E-state index in [4.69, 9.17) is 4.52 Å². The fourth-order valence-electron chi connectivity index (χ4n) is 1.97. The molecule has 2 rings (SSSR count). The molecule has 0 saturated heterocycles. The Morgan fingerprint density at radius 1 is 1.40 bits per heavy atom. The number of para-hydroxylation sites is 1. The summed E-state index contributed by atoms with van der Waals surface area (Å²) in [6.45, 7) is 4.30. The molecular formula is C15H19N3O2. The molecule has 0 radical (unpaired) electrons. The van der Waals surface area contributed by atoms with Crippen molar-refractivity contribution in [1.82, 2.24) is 10.1 Å². The zero-order valence-corrected chi connectivity index (χ0v) is 12.0. The van der Waals surface area contributed by atoms with E-state index in [2.05, 4.69) is 17.4 Å². The van der Waals surface area contributed by atoms with E-state index in [0.717, 1.165) is 29.1 Å².